The van der Waals surface area contributed by atoms with Crippen molar-refractivity contribution in [2.75, 3.05) is 0 Å². The average molecular weight is 302 g/mol. The van der Waals surface area contributed by atoms with E-state index in [4.69, 9.17) is 11.6 Å². The maximum absolute atomic E-state index is 6.34. The molecule has 116 valence electrons. The van der Waals surface area contributed by atoms with Gasteiger partial charge in [0.1, 0.15) is 6.29 Å². The second-order valence-electron chi connectivity index (χ2n) is 6.82. The Hall–Kier alpha value is 0.0900. The quantitative estimate of drug-likeness (QED) is 0.576. The number of hydrogen-bond acceptors (Lipinski definition) is 5. The number of alkyl halides is 1. The molecule has 3 fully saturated rings. The highest BCUT2D eigenvalue weighted by atomic mass is 35.5. The number of rotatable bonds is 2. The van der Waals surface area contributed by atoms with Gasteiger partial charge in [0.25, 0.3) is 0 Å². The molecule has 3 aliphatic rings. The molecule has 2 aliphatic heterocycles. The van der Waals surface area contributed by atoms with Gasteiger partial charge in [0.2, 0.25) is 0 Å². The minimum atomic E-state index is 0.230. The van der Waals surface area contributed by atoms with Crippen LogP contribution >= 0.6 is 11.6 Å². The van der Waals surface area contributed by atoms with Crippen molar-refractivity contribution in [2.45, 2.75) is 82.5 Å². The number of nitrogens with zero attached hydrogens (tertiary/aromatic N) is 1. The first-order valence-electron chi connectivity index (χ1n) is 7.99. The number of fused-ring (bicyclic) bond motifs is 1. The fourth-order valence-corrected chi connectivity index (χ4v) is 4.00. The Morgan fingerprint density at radius 1 is 1.10 bits per heavy atom. The summed E-state index contributed by atoms with van der Waals surface area (Å²) >= 11 is 6.34. The Bertz CT molecular complexity index is 342. The van der Waals surface area contributed by atoms with E-state index < -0.39 is 0 Å². The number of halogens is 1. The zero-order valence-electron chi connectivity index (χ0n) is 12.7. The Balaban J connectivity index is 1.61. The lowest BCUT2D eigenvalue weighted by atomic mass is 9.86. The zero-order chi connectivity index (χ0) is 14.3. The summed E-state index contributed by atoms with van der Waals surface area (Å²) in [7, 11) is 0. The smallest absolute Gasteiger partial charge is 0.130 e. The Morgan fingerprint density at radius 3 is 2.65 bits per heavy atom. The maximum atomic E-state index is 6.34. The summed E-state index contributed by atoms with van der Waals surface area (Å²) in [6, 6.07) is 1.11. The molecule has 1 saturated carbocycles. The number of hydrogen-bond donors (Lipinski definition) is 4. The van der Waals surface area contributed by atoms with Gasteiger partial charge in [-0.05, 0) is 45.4 Å². The minimum absolute atomic E-state index is 0.230. The molecule has 2 heterocycles. The normalized spacial score (nSPS) is 50.1. The van der Waals surface area contributed by atoms with E-state index in [9.17, 15) is 0 Å². The maximum Gasteiger partial charge on any atom is 0.130 e. The van der Waals surface area contributed by atoms with Gasteiger partial charge in [-0.25, -0.2) is 5.43 Å². The SMILES string of the molecule is CC1CC(NC2CCC(Cl)C(C)C2)N2NC(C)NC2N1. The van der Waals surface area contributed by atoms with E-state index in [1.54, 1.807) is 0 Å². The zero-order valence-corrected chi connectivity index (χ0v) is 13.5. The van der Waals surface area contributed by atoms with Crippen LogP contribution in [0.5, 0.6) is 0 Å². The lowest BCUT2D eigenvalue weighted by molar-refractivity contribution is 0.00908. The second kappa shape index (κ2) is 6.07. The largest absolute Gasteiger partial charge is 0.298 e. The van der Waals surface area contributed by atoms with Crippen LogP contribution in [0.3, 0.4) is 0 Å². The van der Waals surface area contributed by atoms with Crippen molar-refractivity contribution in [3.8, 4) is 0 Å². The van der Waals surface area contributed by atoms with Gasteiger partial charge in [-0.2, -0.15) is 5.01 Å². The molecule has 0 aromatic rings. The van der Waals surface area contributed by atoms with Crippen LogP contribution in [0.2, 0.25) is 0 Å². The van der Waals surface area contributed by atoms with E-state index in [1.165, 1.54) is 12.8 Å². The van der Waals surface area contributed by atoms with Crippen LogP contribution in [0.15, 0.2) is 0 Å². The summed E-state index contributed by atoms with van der Waals surface area (Å²) in [6.45, 7) is 6.69. The molecule has 0 radical (unpaired) electrons. The van der Waals surface area contributed by atoms with E-state index in [0.717, 1.165) is 12.8 Å². The van der Waals surface area contributed by atoms with Gasteiger partial charge in [0, 0.05) is 17.5 Å². The van der Waals surface area contributed by atoms with E-state index >= 15 is 0 Å². The summed E-state index contributed by atoms with van der Waals surface area (Å²) in [5.41, 5.74) is 3.51. The lowest BCUT2D eigenvalue weighted by Crippen LogP contribution is -2.67. The van der Waals surface area contributed by atoms with Crippen LogP contribution in [-0.2, 0) is 0 Å². The highest BCUT2D eigenvalue weighted by Crippen LogP contribution is 2.29. The molecule has 7 unspecified atom stereocenters. The molecule has 3 rings (SSSR count). The molecule has 0 aromatic carbocycles. The van der Waals surface area contributed by atoms with Crippen LogP contribution in [0.25, 0.3) is 0 Å². The number of nitrogens with one attached hydrogen (secondary N) is 4. The highest BCUT2D eigenvalue weighted by Gasteiger charge is 2.40. The second-order valence-corrected chi connectivity index (χ2v) is 7.38. The van der Waals surface area contributed by atoms with Gasteiger partial charge in [0.05, 0.1) is 12.3 Å². The Labute approximate surface area is 127 Å². The van der Waals surface area contributed by atoms with E-state index in [0.29, 0.717) is 35.7 Å². The van der Waals surface area contributed by atoms with Crippen LogP contribution in [0.1, 0.15) is 46.5 Å². The molecule has 0 bridgehead atoms. The first kappa shape index (κ1) is 15.0. The highest BCUT2D eigenvalue weighted by molar-refractivity contribution is 6.20. The molecule has 0 amide bonds. The fraction of sp³-hybridized carbons (Fsp3) is 1.00. The van der Waals surface area contributed by atoms with Crippen molar-refractivity contribution in [2.24, 2.45) is 5.92 Å². The van der Waals surface area contributed by atoms with Crippen LogP contribution in [0.4, 0.5) is 0 Å². The fourth-order valence-electron chi connectivity index (χ4n) is 3.77. The molecule has 6 heteroatoms. The van der Waals surface area contributed by atoms with Crippen LogP contribution < -0.4 is 21.4 Å². The van der Waals surface area contributed by atoms with Crippen molar-refractivity contribution >= 4 is 11.6 Å². The summed E-state index contributed by atoms with van der Waals surface area (Å²) in [5.74, 6) is 0.612. The first-order chi connectivity index (χ1) is 9.52. The number of hydrazine groups is 1. The average Bonchev–Trinajstić information content (AvgIpc) is 2.74. The molecular weight excluding hydrogens is 274 g/mol. The summed E-state index contributed by atoms with van der Waals surface area (Å²) in [4.78, 5) is 0. The van der Waals surface area contributed by atoms with Crippen molar-refractivity contribution in [3.05, 3.63) is 0 Å². The molecule has 7 atom stereocenters. The Kier molecular flexibility index (Phi) is 4.55. The standard InChI is InChI=1S/C14H28ClN5/c1-8-6-11(4-5-12(8)15)18-13-7-9(2)16-14-17-10(3)19-20(13)14/h8-14,16-19H,4-7H2,1-3H3. The van der Waals surface area contributed by atoms with Crippen molar-refractivity contribution in [1.29, 1.82) is 0 Å². The third kappa shape index (κ3) is 3.13. The van der Waals surface area contributed by atoms with E-state index in [1.807, 2.05) is 0 Å². The molecule has 4 N–H and O–H groups in total. The topological polar surface area (TPSA) is 51.4 Å². The summed E-state index contributed by atoms with van der Waals surface area (Å²) in [6.07, 6.45) is 5.57. The monoisotopic (exact) mass is 301 g/mol. The summed E-state index contributed by atoms with van der Waals surface area (Å²) < 4.78 is 0. The molecule has 20 heavy (non-hydrogen) atoms. The predicted octanol–water partition coefficient (Wildman–Crippen LogP) is 1.12. The van der Waals surface area contributed by atoms with Gasteiger partial charge in [-0.15, -0.1) is 11.6 Å². The summed E-state index contributed by atoms with van der Waals surface area (Å²) in [5, 5.41) is 13.6. The molecule has 1 aliphatic carbocycles. The van der Waals surface area contributed by atoms with Crippen molar-refractivity contribution < 1.29 is 0 Å². The van der Waals surface area contributed by atoms with Crippen molar-refractivity contribution in [1.82, 2.24) is 26.4 Å². The first-order valence-corrected chi connectivity index (χ1v) is 8.43. The van der Waals surface area contributed by atoms with Crippen molar-refractivity contribution in [3.63, 3.8) is 0 Å². The van der Waals surface area contributed by atoms with Gasteiger partial charge in [-0.1, -0.05) is 6.92 Å². The van der Waals surface area contributed by atoms with E-state index in [-0.39, 0.29) is 6.29 Å². The third-order valence-corrected chi connectivity index (χ3v) is 5.52. The van der Waals surface area contributed by atoms with Crippen LogP contribution in [-0.4, -0.2) is 41.1 Å². The molecule has 0 aromatic heterocycles. The van der Waals surface area contributed by atoms with Crippen LogP contribution in [0, 0.1) is 5.92 Å². The third-order valence-electron chi connectivity index (χ3n) is 4.88. The van der Waals surface area contributed by atoms with Gasteiger partial charge >= 0.3 is 0 Å². The molecule has 5 nitrogen and oxygen atoms in total. The molecule has 2 saturated heterocycles. The lowest BCUT2D eigenvalue weighted by Gasteiger charge is -2.43. The predicted molar refractivity (Wildman–Crippen MR) is 81.9 cm³/mol. The van der Waals surface area contributed by atoms with Gasteiger partial charge in [-0.3, -0.25) is 16.0 Å². The molecular formula is C14H28ClN5. The van der Waals surface area contributed by atoms with E-state index in [2.05, 4.69) is 47.2 Å². The minimum Gasteiger partial charge on any atom is -0.298 e. The van der Waals surface area contributed by atoms with Gasteiger partial charge < -0.3 is 0 Å². The molecule has 0 spiro atoms. The Morgan fingerprint density at radius 2 is 1.90 bits per heavy atom. The van der Waals surface area contributed by atoms with Gasteiger partial charge in [0.15, 0.2) is 0 Å².